The third kappa shape index (κ3) is 4.19. The molecule has 1 heterocycles. The van der Waals surface area contributed by atoms with Gasteiger partial charge in [-0.1, -0.05) is 62.1 Å². The topological polar surface area (TPSA) is 29.5 Å². The molecule has 3 rings (SSSR count). The number of benzene rings is 2. The summed E-state index contributed by atoms with van der Waals surface area (Å²) >= 11 is 6.98. The van der Waals surface area contributed by atoms with Gasteiger partial charge in [0, 0.05) is 0 Å². The molecule has 1 saturated heterocycles. The van der Waals surface area contributed by atoms with Crippen molar-refractivity contribution in [2.75, 3.05) is 11.5 Å². The number of nitrogens with zero attached hydrogens (tertiary/aromatic N) is 1. The van der Waals surface area contributed by atoms with Crippen molar-refractivity contribution in [1.82, 2.24) is 0 Å². The first-order chi connectivity index (χ1) is 12.9. The zero-order valence-corrected chi connectivity index (χ0v) is 17.8. The van der Waals surface area contributed by atoms with Gasteiger partial charge in [0.2, 0.25) is 5.91 Å². The van der Waals surface area contributed by atoms with Crippen LogP contribution in [0.4, 0.5) is 5.69 Å². The van der Waals surface area contributed by atoms with Gasteiger partial charge in [0.15, 0.2) is 0 Å². The molecule has 1 atom stereocenters. The lowest BCUT2D eigenvalue weighted by Gasteiger charge is -2.19. The van der Waals surface area contributed by atoms with Gasteiger partial charge >= 0.3 is 0 Å². The quantitative estimate of drug-likeness (QED) is 0.601. The van der Waals surface area contributed by atoms with E-state index in [0.717, 1.165) is 17.0 Å². The minimum atomic E-state index is -0.186. The summed E-state index contributed by atoms with van der Waals surface area (Å²) in [6, 6.07) is 13.9. The Kier molecular flexibility index (Phi) is 6.22. The van der Waals surface area contributed by atoms with Crippen LogP contribution in [-0.2, 0) is 11.2 Å². The Labute approximate surface area is 171 Å². The van der Waals surface area contributed by atoms with Crippen LogP contribution in [0.25, 0.3) is 0 Å². The highest BCUT2D eigenvalue weighted by Crippen LogP contribution is 2.36. The minimum absolute atomic E-state index is 0.0654. The summed E-state index contributed by atoms with van der Waals surface area (Å²) < 4.78 is 6.44. The second kappa shape index (κ2) is 8.44. The van der Waals surface area contributed by atoms with Crippen molar-refractivity contribution in [2.45, 2.75) is 45.3 Å². The smallest absolute Gasteiger partial charge is 0.246 e. The molecule has 1 aliphatic heterocycles. The summed E-state index contributed by atoms with van der Waals surface area (Å²) in [5.74, 6) is 1.37. The highest BCUT2D eigenvalue weighted by molar-refractivity contribution is 8.25. The van der Waals surface area contributed by atoms with Gasteiger partial charge < -0.3 is 4.74 Å². The van der Waals surface area contributed by atoms with Crippen molar-refractivity contribution in [3.8, 4) is 5.75 Å². The molecule has 1 amide bonds. The number of carbonyl (C=O) groups is 1. The maximum atomic E-state index is 13.0. The zero-order chi connectivity index (χ0) is 19.6. The molecule has 0 N–H and O–H groups in total. The number of para-hydroxylation sites is 1. The monoisotopic (exact) mass is 399 g/mol. The number of aryl methyl sites for hydroxylation is 1. The Bertz CT molecular complexity index is 849. The van der Waals surface area contributed by atoms with E-state index in [1.165, 1.54) is 22.9 Å². The fraction of sp³-hybridized carbons (Fsp3) is 0.364. The highest BCUT2D eigenvalue weighted by atomic mass is 32.2. The molecule has 2 aromatic carbocycles. The average molecular weight is 400 g/mol. The standard InChI is InChI=1S/C22H25NO2S2/c1-5-25-19-11-15(4)16(12-18(19)14(2)3)13-20-21(24)23(22(26)27-20)17-9-7-6-8-10-17/h6-12,14,20H,5,13H2,1-4H3/t20-/m1/s1. The third-order valence-electron chi connectivity index (χ3n) is 4.73. The van der Waals surface area contributed by atoms with Crippen LogP contribution >= 0.6 is 24.0 Å². The predicted octanol–water partition coefficient (Wildman–Crippen LogP) is 5.49. The number of amides is 1. The Morgan fingerprint density at radius 1 is 1.22 bits per heavy atom. The summed E-state index contributed by atoms with van der Waals surface area (Å²) in [6.07, 6.45) is 0.672. The Morgan fingerprint density at radius 2 is 1.93 bits per heavy atom. The number of thiocarbonyl (C=S) groups is 1. The molecular weight excluding hydrogens is 374 g/mol. The number of carbonyl (C=O) groups excluding carboxylic acids is 1. The Balaban J connectivity index is 1.86. The van der Waals surface area contributed by atoms with Crippen molar-refractivity contribution in [3.05, 3.63) is 59.2 Å². The summed E-state index contributed by atoms with van der Waals surface area (Å²) in [7, 11) is 0. The van der Waals surface area contributed by atoms with Crippen LogP contribution in [0.3, 0.4) is 0 Å². The molecule has 0 bridgehead atoms. The van der Waals surface area contributed by atoms with E-state index in [0.29, 0.717) is 23.3 Å². The van der Waals surface area contributed by atoms with Gasteiger partial charge in [-0.2, -0.15) is 0 Å². The number of anilines is 1. The van der Waals surface area contributed by atoms with Gasteiger partial charge in [-0.3, -0.25) is 9.69 Å². The van der Waals surface area contributed by atoms with Crippen LogP contribution in [0.15, 0.2) is 42.5 Å². The van der Waals surface area contributed by atoms with E-state index in [4.69, 9.17) is 17.0 Å². The number of rotatable bonds is 6. The van der Waals surface area contributed by atoms with Gasteiger partial charge in [0.05, 0.1) is 17.5 Å². The Morgan fingerprint density at radius 3 is 2.56 bits per heavy atom. The molecule has 27 heavy (non-hydrogen) atoms. The summed E-state index contributed by atoms with van der Waals surface area (Å²) in [4.78, 5) is 14.7. The maximum absolute atomic E-state index is 13.0. The van der Waals surface area contributed by atoms with E-state index in [9.17, 15) is 4.79 Å². The number of ether oxygens (including phenoxy) is 1. The SMILES string of the molecule is CCOc1cc(C)c(C[C@H]2SC(=S)N(c3ccccc3)C2=O)cc1C(C)C. The van der Waals surface area contributed by atoms with Gasteiger partial charge in [0.1, 0.15) is 10.1 Å². The molecule has 142 valence electrons. The molecule has 0 spiro atoms. The van der Waals surface area contributed by atoms with Crippen molar-refractivity contribution in [2.24, 2.45) is 0 Å². The normalized spacial score (nSPS) is 17.1. The lowest BCUT2D eigenvalue weighted by atomic mass is 9.94. The minimum Gasteiger partial charge on any atom is -0.494 e. The van der Waals surface area contributed by atoms with E-state index >= 15 is 0 Å². The lowest BCUT2D eigenvalue weighted by Crippen LogP contribution is -2.32. The van der Waals surface area contributed by atoms with Gasteiger partial charge in [-0.15, -0.1) is 0 Å². The van der Waals surface area contributed by atoms with Crippen LogP contribution < -0.4 is 9.64 Å². The molecule has 0 saturated carbocycles. The fourth-order valence-corrected chi connectivity index (χ4v) is 4.85. The first kappa shape index (κ1) is 19.9. The van der Waals surface area contributed by atoms with Gasteiger partial charge in [-0.05, 0) is 61.1 Å². The molecule has 1 fully saturated rings. The van der Waals surface area contributed by atoms with Crippen LogP contribution in [0.1, 0.15) is 43.4 Å². The van der Waals surface area contributed by atoms with Crippen molar-refractivity contribution in [3.63, 3.8) is 0 Å². The highest BCUT2D eigenvalue weighted by Gasteiger charge is 2.38. The van der Waals surface area contributed by atoms with E-state index < -0.39 is 0 Å². The van der Waals surface area contributed by atoms with Crippen molar-refractivity contribution < 1.29 is 9.53 Å². The average Bonchev–Trinajstić information content (AvgIpc) is 2.91. The lowest BCUT2D eigenvalue weighted by molar-refractivity contribution is -0.116. The second-order valence-electron chi connectivity index (χ2n) is 6.99. The van der Waals surface area contributed by atoms with Crippen molar-refractivity contribution in [1.29, 1.82) is 0 Å². The van der Waals surface area contributed by atoms with Gasteiger partial charge in [-0.25, -0.2) is 0 Å². The first-order valence-corrected chi connectivity index (χ1v) is 10.6. The van der Waals surface area contributed by atoms with E-state index in [1.807, 2.05) is 37.3 Å². The molecule has 5 heteroatoms. The predicted molar refractivity (Wildman–Crippen MR) is 118 cm³/mol. The largest absolute Gasteiger partial charge is 0.494 e. The third-order valence-corrected chi connectivity index (χ3v) is 6.24. The maximum Gasteiger partial charge on any atom is 0.246 e. The van der Waals surface area contributed by atoms with Crippen LogP contribution in [0, 0.1) is 6.92 Å². The molecular formula is C22H25NO2S2. The van der Waals surface area contributed by atoms with Crippen LogP contribution in [0.2, 0.25) is 0 Å². The molecule has 3 nitrogen and oxygen atoms in total. The first-order valence-electron chi connectivity index (χ1n) is 9.28. The van der Waals surface area contributed by atoms with E-state index in [1.54, 1.807) is 4.90 Å². The molecule has 0 aliphatic carbocycles. The number of hydrogen-bond acceptors (Lipinski definition) is 4. The molecule has 1 aliphatic rings. The molecule has 0 unspecified atom stereocenters. The van der Waals surface area contributed by atoms with Crippen molar-refractivity contribution >= 4 is 39.9 Å². The van der Waals surface area contributed by atoms with Crippen LogP contribution in [0.5, 0.6) is 5.75 Å². The van der Waals surface area contributed by atoms with E-state index in [2.05, 4.69) is 32.9 Å². The van der Waals surface area contributed by atoms with Crippen LogP contribution in [-0.4, -0.2) is 22.1 Å². The number of thioether (sulfide) groups is 1. The Hall–Kier alpha value is -1.85. The summed E-state index contributed by atoms with van der Waals surface area (Å²) in [6.45, 7) is 9.06. The van der Waals surface area contributed by atoms with E-state index in [-0.39, 0.29) is 11.2 Å². The van der Waals surface area contributed by atoms with Gasteiger partial charge in [0.25, 0.3) is 0 Å². The zero-order valence-electron chi connectivity index (χ0n) is 16.2. The molecule has 0 aromatic heterocycles. The molecule has 0 radical (unpaired) electrons. The molecule has 2 aromatic rings. The summed E-state index contributed by atoms with van der Waals surface area (Å²) in [5.41, 5.74) is 4.37. The fourth-order valence-electron chi connectivity index (χ4n) is 3.29. The summed E-state index contributed by atoms with van der Waals surface area (Å²) in [5, 5.41) is -0.186. The number of hydrogen-bond donors (Lipinski definition) is 0. The second-order valence-corrected chi connectivity index (χ2v) is 8.83.